The van der Waals surface area contributed by atoms with Crippen LogP contribution in [0.5, 0.6) is 5.75 Å². The molecule has 0 radical (unpaired) electrons. The fourth-order valence-corrected chi connectivity index (χ4v) is 1.86. The monoisotopic (exact) mass is 371 g/mol. The van der Waals surface area contributed by atoms with Crippen LogP contribution in [0.4, 0.5) is 23.2 Å². The zero-order valence-corrected chi connectivity index (χ0v) is 13.2. The lowest BCUT2D eigenvalue weighted by molar-refractivity contribution is -0.149. The molecule has 1 N–H and O–H groups in total. The third-order valence-electron chi connectivity index (χ3n) is 3.02. The topological polar surface area (TPSA) is 64.6 Å². The van der Waals surface area contributed by atoms with Crippen LogP contribution in [-0.4, -0.2) is 25.1 Å². The molecule has 0 unspecified atom stereocenters. The first-order valence-electron chi connectivity index (χ1n) is 7.26. The number of para-hydroxylation sites is 1. The Morgan fingerprint density at radius 2 is 1.73 bits per heavy atom. The highest BCUT2D eigenvalue weighted by atomic mass is 19.4. The zero-order valence-electron chi connectivity index (χ0n) is 13.2. The summed E-state index contributed by atoms with van der Waals surface area (Å²) in [6, 6.07) is 9.40. The number of esters is 1. The summed E-state index contributed by atoms with van der Waals surface area (Å²) in [6.07, 6.45) is -4.54. The molecule has 138 valence electrons. The van der Waals surface area contributed by atoms with E-state index in [4.69, 9.17) is 4.74 Å². The molecule has 0 saturated heterocycles. The highest BCUT2D eigenvalue weighted by Crippen LogP contribution is 2.30. The lowest BCUT2D eigenvalue weighted by atomic mass is 10.2. The number of ether oxygens (including phenoxy) is 2. The van der Waals surface area contributed by atoms with Crippen LogP contribution in [0.3, 0.4) is 0 Å². The molecular weight excluding hydrogens is 358 g/mol. The third-order valence-corrected chi connectivity index (χ3v) is 3.02. The van der Waals surface area contributed by atoms with Gasteiger partial charge < -0.3 is 14.8 Å². The second-order valence-corrected chi connectivity index (χ2v) is 5.01. The first-order valence-corrected chi connectivity index (χ1v) is 7.26. The summed E-state index contributed by atoms with van der Waals surface area (Å²) >= 11 is 0. The summed E-state index contributed by atoms with van der Waals surface area (Å²) in [6.45, 7) is -1.35. The van der Waals surface area contributed by atoms with Gasteiger partial charge in [0.2, 0.25) is 0 Å². The molecular formula is C17H13F4NO4. The van der Waals surface area contributed by atoms with Crippen LogP contribution in [0.25, 0.3) is 0 Å². The van der Waals surface area contributed by atoms with Gasteiger partial charge in [-0.1, -0.05) is 18.2 Å². The number of amides is 1. The van der Waals surface area contributed by atoms with Crippen LogP contribution in [0, 0.1) is 5.82 Å². The molecule has 0 bridgehead atoms. The predicted octanol–water partition coefficient (Wildman–Crippen LogP) is 3.41. The molecule has 0 saturated carbocycles. The van der Waals surface area contributed by atoms with Gasteiger partial charge in [0.25, 0.3) is 5.91 Å². The first kappa shape index (κ1) is 19.2. The van der Waals surface area contributed by atoms with Crippen molar-refractivity contribution >= 4 is 17.6 Å². The Kier molecular flexibility index (Phi) is 6.16. The maximum Gasteiger partial charge on any atom is 0.416 e. The highest BCUT2D eigenvalue weighted by molar-refractivity contribution is 5.92. The Hall–Kier alpha value is -3.10. The molecule has 0 heterocycles. The van der Waals surface area contributed by atoms with Gasteiger partial charge in [-0.05, 0) is 30.3 Å². The third kappa shape index (κ3) is 5.76. The van der Waals surface area contributed by atoms with Crippen LogP contribution in [0.15, 0.2) is 48.5 Å². The smallest absolute Gasteiger partial charge is 0.416 e. The van der Waals surface area contributed by atoms with E-state index in [1.54, 1.807) is 0 Å². The second-order valence-electron chi connectivity index (χ2n) is 5.01. The van der Waals surface area contributed by atoms with E-state index in [0.717, 1.165) is 24.3 Å². The Balaban J connectivity index is 1.80. The Bertz CT molecular complexity index is 792. The van der Waals surface area contributed by atoms with E-state index in [1.807, 2.05) is 0 Å². The van der Waals surface area contributed by atoms with Crippen molar-refractivity contribution < 1.29 is 36.6 Å². The molecule has 0 atom stereocenters. The molecule has 2 aromatic rings. The van der Waals surface area contributed by atoms with E-state index in [9.17, 15) is 27.2 Å². The average Bonchev–Trinajstić information content (AvgIpc) is 2.59. The summed E-state index contributed by atoms with van der Waals surface area (Å²) in [5, 5.41) is 2.18. The second kappa shape index (κ2) is 8.32. The van der Waals surface area contributed by atoms with Gasteiger partial charge in [0.05, 0.1) is 5.56 Å². The van der Waals surface area contributed by atoms with Gasteiger partial charge in [0.1, 0.15) is 0 Å². The van der Waals surface area contributed by atoms with Crippen molar-refractivity contribution in [2.24, 2.45) is 0 Å². The molecule has 2 rings (SSSR count). The molecule has 2 aromatic carbocycles. The van der Waals surface area contributed by atoms with Gasteiger partial charge in [0.15, 0.2) is 24.8 Å². The van der Waals surface area contributed by atoms with E-state index >= 15 is 0 Å². The van der Waals surface area contributed by atoms with E-state index in [1.165, 1.54) is 24.3 Å². The molecule has 5 nitrogen and oxygen atoms in total. The number of hydrogen-bond donors (Lipinski definition) is 1. The molecule has 9 heteroatoms. The summed E-state index contributed by atoms with van der Waals surface area (Å²) in [7, 11) is 0. The molecule has 0 spiro atoms. The standard InChI is InChI=1S/C17H13F4NO4/c18-13-6-1-2-7-14(13)25-10-16(24)26-9-15(23)22-12-5-3-4-11(8-12)17(19,20)21/h1-8H,9-10H2,(H,22,23). The minimum Gasteiger partial charge on any atom is -0.479 e. The minimum atomic E-state index is -4.54. The number of anilines is 1. The van der Waals surface area contributed by atoms with E-state index in [0.29, 0.717) is 0 Å². The summed E-state index contributed by atoms with van der Waals surface area (Å²) in [5.74, 6) is -2.59. The van der Waals surface area contributed by atoms with Crippen LogP contribution in [0.1, 0.15) is 5.56 Å². The zero-order chi connectivity index (χ0) is 19.2. The molecule has 26 heavy (non-hydrogen) atoms. The van der Waals surface area contributed by atoms with E-state index in [-0.39, 0.29) is 11.4 Å². The highest BCUT2D eigenvalue weighted by Gasteiger charge is 2.30. The first-order chi connectivity index (χ1) is 12.3. The number of nitrogens with one attached hydrogen (secondary N) is 1. The predicted molar refractivity (Wildman–Crippen MR) is 82.9 cm³/mol. The molecule has 1 amide bonds. The number of carbonyl (C=O) groups excluding carboxylic acids is 2. The summed E-state index contributed by atoms with van der Waals surface area (Å²) in [5.41, 5.74) is -1.02. The van der Waals surface area contributed by atoms with E-state index in [2.05, 4.69) is 10.1 Å². The number of halogens is 4. The number of benzene rings is 2. The van der Waals surface area contributed by atoms with Crippen molar-refractivity contribution in [1.29, 1.82) is 0 Å². The van der Waals surface area contributed by atoms with Crippen LogP contribution < -0.4 is 10.1 Å². The Morgan fingerprint density at radius 1 is 1.00 bits per heavy atom. The fourth-order valence-electron chi connectivity index (χ4n) is 1.86. The van der Waals surface area contributed by atoms with Gasteiger partial charge in [0, 0.05) is 5.69 Å². The number of rotatable bonds is 6. The quantitative estimate of drug-likeness (QED) is 0.624. The van der Waals surface area contributed by atoms with Gasteiger partial charge in [-0.25, -0.2) is 9.18 Å². The normalized spacial score (nSPS) is 10.9. The molecule has 0 aliphatic carbocycles. The summed E-state index contributed by atoms with van der Waals surface area (Å²) < 4.78 is 60.6. The van der Waals surface area contributed by atoms with Gasteiger partial charge in [-0.2, -0.15) is 13.2 Å². The lowest BCUT2D eigenvalue weighted by Gasteiger charge is -2.10. The number of alkyl halides is 3. The van der Waals surface area contributed by atoms with Crippen molar-refractivity contribution in [3.8, 4) is 5.75 Å². The van der Waals surface area contributed by atoms with Crippen molar-refractivity contribution in [2.75, 3.05) is 18.5 Å². The van der Waals surface area contributed by atoms with Crippen molar-refractivity contribution in [3.63, 3.8) is 0 Å². The number of hydrogen-bond acceptors (Lipinski definition) is 4. The summed E-state index contributed by atoms with van der Waals surface area (Å²) in [4.78, 5) is 23.1. The van der Waals surface area contributed by atoms with Gasteiger partial charge in [-0.3, -0.25) is 4.79 Å². The largest absolute Gasteiger partial charge is 0.479 e. The van der Waals surface area contributed by atoms with Crippen LogP contribution >= 0.6 is 0 Å². The lowest BCUT2D eigenvalue weighted by Crippen LogP contribution is -2.24. The van der Waals surface area contributed by atoms with Gasteiger partial charge >= 0.3 is 12.1 Å². The Morgan fingerprint density at radius 3 is 2.42 bits per heavy atom. The van der Waals surface area contributed by atoms with Crippen LogP contribution in [0.2, 0.25) is 0 Å². The van der Waals surface area contributed by atoms with Crippen LogP contribution in [-0.2, 0) is 20.5 Å². The molecule has 0 fully saturated rings. The Labute approximate surface area is 145 Å². The van der Waals surface area contributed by atoms with Gasteiger partial charge in [-0.15, -0.1) is 0 Å². The van der Waals surface area contributed by atoms with Crippen molar-refractivity contribution in [2.45, 2.75) is 6.18 Å². The maximum absolute atomic E-state index is 13.3. The SMILES string of the molecule is O=C(COC(=O)COc1ccccc1F)Nc1cccc(C(F)(F)F)c1. The van der Waals surface area contributed by atoms with Crippen molar-refractivity contribution in [1.82, 2.24) is 0 Å². The fraction of sp³-hybridized carbons (Fsp3) is 0.176. The molecule has 0 aliphatic heterocycles. The average molecular weight is 371 g/mol. The van der Waals surface area contributed by atoms with Crippen molar-refractivity contribution in [3.05, 3.63) is 59.9 Å². The minimum absolute atomic E-state index is 0.0940. The van der Waals surface area contributed by atoms with E-state index < -0.39 is 42.6 Å². The molecule has 0 aliphatic rings. The maximum atomic E-state index is 13.3. The molecule has 0 aromatic heterocycles. The number of carbonyl (C=O) groups is 2.